The molecule has 2 aromatic rings. The highest BCUT2D eigenvalue weighted by Gasteiger charge is 2.22. The minimum absolute atomic E-state index is 0.201. The summed E-state index contributed by atoms with van der Waals surface area (Å²) in [6, 6.07) is 3.53. The fraction of sp³-hybridized carbons (Fsp3) is 0.562. The highest BCUT2D eigenvalue weighted by molar-refractivity contribution is 6.63. The molecule has 4 heteroatoms. The summed E-state index contributed by atoms with van der Waals surface area (Å²) >= 11 is 0. The van der Waals surface area contributed by atoms with Crippen molar-refractivity contribution in [2.24, 2.45) is 0 Å². The van der Waals surface area contributed by atoms with Crippen LogP contribution in [0.4, 0.5) is 0 Å². The zero-order valence-electron chi connectivity index (χ0n) is 13.5. The maximum Gasteiger partial charge on any atom is 0.137 e. The van der Waals surface area contributed by atoms with Crippen LogP contribution in [0.25, 0.3) is 11.0 Å². The van der Waals surface area contributed by atoms with Crippen molar-refractivity contribution in [1.29, 1.82) is 0 Å². The van der Waals surface area contributed by atoms with Crippen molar-refractivity contribution in [2.75, 3.05) is 0 Å². The average Bonchev–Trinajstić information content (AvgIpc) is 2.74. The Balaban J connectivity index is 0.000000200. The van der Waals surface area contributed by atoms with Crippen molar-refractivity contribution in [3.63, 3.8) is 0 Å². The summed E-state index contributed by atoms with van der Waals surface area (Å²) in [7, 11) is -0.454. The van der Waals surface area contributed by atoms with Gasteiger partial charge in [0.05, 0.1) is 6.20 Å². The summed E-state index contributed by atoms with van der Waals surface area (Å²) in [6.45, 7) is 14.3. The number of fused-ring (bicyclic) bond motifs is 1. The van der Waals surface area contributed by atoms with Crippen molar-refractivity contribution in [3.8, 4) is 5.75 Å². The van der Waals surface area contributed by atoms with E-state index in [-0.39, 0.29) is 5.75 Å². The van der Waals surface area contributed by atoms with Gasteiger partial charge in [0.15, 0.2) is 0 Å². The van der Waals surface area contributed by atoms with Crippen molar-refractivity contribution < 1.29 is 5.11 Å². The SMILES string of the molecule is CC(C)[SiH](C(C)C)C(C)C.Oc1cnc2[nH]ccc2c1. The molecule has 0 aliphatic heterocycles. The summed E-state index contributed by atoms with van der Waals surface area (Å²) in [6.07, 6.45) is 3.20. The van der Waals surface area contributed by atoms with E-state index in [1.807, 2.05) is 6.07 Å². The van der Waals surface area contributed by atoms with Gasteiger partial charge in [0, 0.05) is 20.4 Å². The van der Waals surface area contributed by atoms with Crippen molar-refractivity contribution in [1.82, 2.24) is 9.97 Å². The molecule has 2 N–H and O–H groups in total. The van der Waals surface area contributed by atoms with Crippen LogP contribution >= 0.6 is 0 Å². The second kappa shape index (κ2) is 7.48. The van der Waals surface area contributed by atoms with E-state index in [0.29, 0.717) is 0 Å². The Morgan fingerprint density at radius 1 is 1.05 bits per heavy atom. The average molecular weight is 292 g/mol. The molecule has 0 aromatic carbocycles. The van der Waals surface area contributed by atoms with Gasteiger partial charge in [-0.15, -0.1) is 0 Å². The number of nitrogens with one attached hydrogen (secondary N) is 1. The minimum Gasteiger partial charge on any atom is -0.506 e. The first kappa shape index (κ1) is 16.8. The number of aromatic amines is 1. The summed E-state index contributed by atoms with van der Waals surface area (Å²) in [5.74, 6) is 0.201. The van der Waals surface area contributed by atoms with Crippen LogP contribution in [-0.4, -0.2) is 23.9 Å². The monoisotopic (exact) mass is 292 g/mol. The lowest BCUT2D eigenvalue weighted by Gasteiger charge is -2.26. The maximum atomic E-state index is 8.97. The van der Waals surface area contributed by atoms with Crippen LogP contribution in [0.15, 0.2) is 24.5 Å². The third-order valence-corrected chi connectivity index (χ3v) is 8.31. The molecule has 0 saturated heterocycles. The zero-order valence-corrected chi connectivity index (χ0v) is 14.7. The van der Waals surface area contributed by atoms with Gasteiger partial charge in [-0.2, -0.15) is 0 Å². The third kappa shape index (κ3) is 4.67. The van der Waals surface area contributed by atoms with Gasteiger partial charge in [0.2, 0.25) is 0 Å². The molecule has 112 valence electrons. The van der Waals surface area contributed by atoms with Gasteiger partial charge in [-0.3, -0.25) is 0 Å². The second-order valence-electron chi connectivity index (χ2n) is 6.42. The van der Waals surface area contributed by atoms with E-state index >= 15 is 0 Å². The third-order valence-electron chi connectivity index (χ3n) is 3.70. The van der Waals surface area contributed by atoms with E-state index in [9.17, 15) is 0 Å². The highest BCUT2D eigenvalue weighted by atomic mass is 28.3. The molecule has 0 aliphatic carbocycles. The molecular formula is C16H28N2OSi. The van der Waals surface area contributed by atoms with Crippen molar-refractivity contribution in [2.45, 2.75) is 58.2 Å². The molecule has 3 nitrogen and oxygen atoms in total. The number of H-pyrrole nitrogens is 1. The van der Waals surface area contributed by atoms with Crippen LogP contribution in [0.5, 0.6) is 5.75 Å². The Kier molecular flexibility index (Phi) is 6.27. The number of nitrogens with zero attached hydrogens (tertiary/aromatic N) is 1. The molecule has 0 amide bonds. The van der Waals surface area contributed by atoms with E-state index in [1.165, 1.54) is 6.20 Å². The largest absolute Gasteiger partial charge is 0.506 e. The lowest BCUT2D eigenvalue weighted by atomic mass is 10.3. The Labute approximate surface area is 124 Å². The van der Waals surface area contributed by atoms with Gasteiger partial charge >= 0.3 is 0 Å². The number of aromatic nitrogens is 2. The van der Waals surface area contributed by atoms with E-state index < -0.39 is 8.80 Å². The fourth-order valence-electron chi connectivity index (χ4n) is 3.24. The van der Waals surface area contributed by atoms with Crippen LogP contribution in [-0.2, 0) is 0 Å². The van der Waals surface area contributed by atoms with Gasteiger partial charge in [-0.1, -0.05) is 58.2 Å². The lowest BCUT2D eigenvalue weighted by Crippen LogP contribution is -2.24. The summed E-state index contributed by atoms with van der Waals surface area (Å²) in [4.78, 5) is 6.86. The molecule has 0 bridgehead atoms. The minimum atomic E-state index is -0.454. The van der Waals surface area contributed by atoms with Gasteiger partial charge in [-0.25, -0.2) is 4.98 Å². The molecule has 0 unspecified atom stereocenters. The predicted molar refractivity (Wildman–Crippen MR) is 90.2 cm³/mol. The van der Waals surface area contributed by atoms with Crippen LogP contribution in [0.3, 0.4) is 0 Å². The Bertz CT molecular complexity index is 501. The first-order valence-corrected chi connectivity index (χ1v) is 9.45. The van der Waals surface area contributed by atoms with Crippen LogP contribution < -0.4 is 0 Å². The van der Waals surface area contributed by atoms with Crippen LogP contribution in [0, 0.1) is 0 Å². The van der Waals surface area contributed by atoms with Gasteiger partial charge < -0.3 is 10.1 Å². The van der Waals surface area contributed by atoms with Crippen LogP contribution in [0.2, 0.25) is 16.6 Å². The number of hydrogen-bond acceptors (Lipinski definition) is 2. The number of rotatable bonds is 3. The quantitative estimate of drug-likeness (QED) is 0.805. The van der Waals surface area contributed by atoms with Crippen molar-refractivity contribution >= 4 is 19.8 Å². The Morgan fingerprint density at radius 2 is 1.60 bits per heavy atom. The molecule has 0 fully saturated rings. The molecule has 2 aromatic heterocycles. The Hall–Kier alpha value is -1.29. The molecule has 0 saturated carbocycles. The van der Waals surface area contributed by atoms with Crippen molar-refractivity contribution in [3.05, 3.63) is 24.5 Å². The normalized spacial score (nSPS) is 11.5. The highest BCUT2D eigenvalue weighted by Crippen LogP contribution is 2.29. The molecule has 2 rings (SSSR count). The predicted octanol–water partition coefficient (Wildman–Crippen LogP) is 4.71. The molecule has 0 aliphatic rings. The first-order chi connectivity index (χ1) is 9.32. The molecule has 0 spiro atoms. The first-order valence-electron chi connectivity index (χ1n) is 7.45. The van der Waals surface area contributed by atoms with Crippen LogP contribution in [0.1, 0.15) is 41.5 Å². The fourth-order valence-corrected chi connectivity index (χ4v) is 7.86. The van der Waals surface area contributed by atoms with E-state index in [2.05, 4.69) is 51.5 Å². The van der Waals surface area contributed by atoms with Gasteiger partial charge in [0.25, 0.3) is 0 Å². The van der Waals surface area contributed by atoms with Gasteiger partial charge in [0.1, 0.15) is 11.4 Å². The summed E-state index contributed by atoms with van der Waals surface area (Å²) < 4.78 is 0. The van der Waals surface area contributed by atoms with E-state index in [0.717, 1.165) is 27.7 Å². The molecular weight excluding hydrogens is 264 g/mol. The van der Waals surface area contributed by atoms with E-state index in [4.69, 9.17) is 5.11 Å². The van der Waals surface area contributed by atoms with Gasteiger partial charge in [-0.05, 0) is 12.1 Å². The topological polar surface area (TPSA) is 48.9 Å². The molecule has 2 heterocycles. The second-order valence-corrected chi connectivity index (χ2v) is 11.6. The zero-order chi connectivity index (χ0) is 15.3. The standard InChI is InChI=1S/C9H22Si.C7H6N2O/c1-7(2)10(8(3)4)9(5)6;10-6-3-5-1-2-8-7(5)9-4-6/h7-10H,1-6H3;1-4,10H,(H,8,9). The Morgan fingerprint density at radius 3 is 2.05 bits per heavy atom. The lowest BCUT2D eigenvalue weighted by molar-refractivity contribution is 0.474. The number of hydrogen-bond donors (Lipinski definition) is 2. The summed E-state index contributed by atoms with van der Waals surface area (Å²) in [5.41, 5.74) is 3.72. The smallest absolute Gasteiger partial charge is 0.137 e. The molecule has 0 atom stereocenters. The molecule has 0 radical (unpaired) electrons. The number of aromatic hydroxyl groups is 1. The summed E-state index contributed by atoms with van der Waals surface area (Å²) in [5, 5.41) is 9.90. The molecule has 20 heavy (non-hydrogen) atoms. The number of pyridine rings is 1. The van der Waals surface area contributed by atoms with E-state index in [1.54, 1.807) is 12.3 Å². The maximum absolute atomic E-state index is 8.97.